The molecule has 2 aromatic rings. The van der Waals surface area contributed by atoms with Crippen LogP contribution in [0.2, 0.25) is 5.02 Å². The number of nitrogens with one attached hydrogen (secondary N) is 3. The van der Waals surface area contributed by atoms with Crippen LogP contribution in [-0.2, 0) is 28.8 Å². The van der Waals surface area contributed by atoms with Crippen molar-refractivity contribution in [3.63, 3.8) is 0 Å². The Kier molecular flexibility index (Phi) is 8.41. The number of rotatable bonds is 8. The fraction of sp³-hybridized carbons (Fsp3) is 0.250. The zero-order valence-corrected chi connectivity index (χ0v) is 19.3. The van der Waals surface area contributed by atoms with E-state index in [1.54, 1.807) is 53.4 Å². The van der Waals surface area contributed by atoms with Gasteiger partial charge in [0.05, 0.1) is 13.2 Å². The van der Waals surface area contributed by atoms with Gasteiger partial charge in [-0.1, -0.05) is 11.6 Å². The Morgan fingerprint density at radius 1 is 1.09 bits per heavy atom. The van der Waals surface area contributed by atoms with Gasteiger partial charge >= 0.3 is 16.3 Å². The Morgan fingerprint density at radius 2 is 1.71 bits per heavy atom. The SMILES string of the molecule is NS(=O)(=O)OC[C@@H](NC(=O)Nc1ccc(Cl)cc1)C(=O)Nc1ccc(N2CCOCC2=O)cc1. The van der Waals surface area contributed by atoms with Crippen molar-refractivity contribution in [1.29, 1.82) is 0 Å². The molecule has 1 saturated heterocycles. The summed E-state index contributed by atoms with van der Waals surface area (Å²) in [6, 6.07) is 10.4. The molecule has 14 heteroatoms. The standard InChI is InChI=1S/C20H22ClN5O7S/c21-13-1-3-15(4-2-13)24-20(29)25-17(11-33-34(22,30)31)19(28)23-14-5-7-16(8-6-14)26-9-10-32-12-18(26)27/h1-8,17H,9-12H2,(H,23,28)(H2,22,30,31)(H2,24,25,29)/t17-/m1/s1. The highest BCUT2D eigenvalue weighted by Crippen LogP contribution is 2.20. The third-order valence-corrected chi connectivity index (χ3v) is 5.27. The second-order valence-corrected chi connectivity index (χ2v) is 8.73. The third kappa shape index (κ3) is 7.67. The Balaban J connectivity index is 1.65. The van der Waals surface area contributed by atoms with E-state index in [4.69, 9.17) is 21.5 Å². The molecule has 1 aliphatic rings. The maximum Gasteiger partial charge on any atom is 0.333 e. The Labute approximate surface area is 200 Å². The molecular formula is C20H22ClN5O7S. The Bertz CT molecular complexity index is 1140. The lowest BCUT2D eigenvalue weighted by atomic mass is 10.2. The molecule has 182 valence electrons. The van der Waals surface area contributed by atoms with Gasteiger partial charge in [-0.05, 0) is 48.5 Å². The van der Waals surface area contributed by atoms with E-state index in [0.29, 0.717) is 35.2 Å². The van der Waals surface area contributed by atoms with Crippen LogP contribution in [0, 0.1) is 0 Å². The number of anilines is 3. The largest absolute Gasteiger partial charge is 0.370 e. The van der Waals surface area contributed by atoms with Gasteiger partial charge in [0, 0.05) is 28.6 Å². The molecule has 3 rings (SSSR count). The summed E-state index contributed by atoms with van der Waals surface area (Å²) < 4.78 is 32.0. The molecule has 0 radical (unpaired) electrons. The number of amides is 4. The van der Waals surface area contributed by atoms with Crippen molar-refractivity contribution in [1.82, 2.24) is 5.32 Å². The van der Waals surface area contributed by atoms with E-state index in [1.807, 2.05) is 0 Å². The third-order valence-electron chi connectivity index (χ3n) is 4.56. The molecule has 2 aromatic carbocycles. The molecule has 0 saturated carbocycles. The number of urea groups is 1. The minimum Gasteiger partial charge on any atom is -0.370 e. The molecule has 5 N–H and O–H groups in total. The van der Waals surface area contributed by atoms with Crippen molar-refractivity contribution in [3.05, 3.63) is 53.6 Å². The first kappa shape index (κ1) is 25.4. The maximum absolute atomic E-state index is 12.7. The molecule has 1 aliphatic heterocycles. The molecular weight excluding hydrogens is 490 g/mol. The van der Waals surface area contributed by atoms with Gasteiger partial charge in [-0.3, -0.25) is 13.8 Å². The van der Waals surface area contributed by atoms with Crippen molar-refractivity contribution in [2.45, 2.75) is 6.04 Å². The average molecular weight is 512 g/mol. The van der Waals surface area contributed by atoms with Gasteiger partial charge < -0.3 is 25.6 Å². The number of hydrogen-bond donors (Lipinski definition) is 4. The zero-order valence-electron chi connectivity index (χ0n) is 17.7. The second-order valence-electron chi connectivity index (χ2n) is 7.07. The van der Waals surface area contributed by atoms with Crippen molar-refractivity contribution in [3.8, 4) is 0 Å². The number of halogens is 1. The predicted octanol–water partition coefficient (Wildman–Crippen LogP) is 1.05. The quantitative estimate of drug-likeness (QED) is 0.410. The van der Waals surface area contributed by atoms with Crippen LogP contribution in [0.15, 0.2) is 48.5 Å². The summed E-state index contributed by atoms with van der Waals surface area (Å²) in [5.74, 6) is -0.941. The van der Waals surface area contributed by atoms with Gasteiger partial charge in [-0.15, -0.1) is 0 Å². The lowest BCUT2D eigenvalue weighted by Gasteiger charge is -2.27. The molecule has 1 heterocycles. The lowest BCUT2D eigenvalue weighted by molar-refractivity contribution is -0.125. The van der Waals surface area contributed by atoms with Crippen LogP contribution in [0.3, 0.4) is 0 Å². The smallest absolute Gasteiger partial charge is 0.333 e. The first-order chi connectivity index (χ1) is 16.1. The first-order valence-corrected chi connectivity index (χ1v) is 11.7. The maximum atomic E-state index is 12.7. The molecule has 1 atom stereocenters. The van der Waals surface area contributed by atoms with Gasteiger partial charge in [0.25, 0.3) is 5.91 Å². The summed E-state index contributed by atoms with van der Waals surface area (Å²) in [5, 5.41) is 12.7. The second kappa shape index (κ2) is 11.3. The van der Waals surface area contributed by atoms with E-state index < -0.39 is 34.9 Å². The number of ether oxygens (including phenoxy) is 1. The first-order valence-electron chi connectivity index (χ1n) is 9.90. The number of nitrogens with two attached hydrogens (primary N) is 1. The topological polar surface area (TPSA) is 169 Å². The summed E-state index contributed by atoms with van der Waals surface area (Å²) in [4.78, 5) is 38.6. The highest BCUT2D eigenvalue weighted by molar-refractivity contribution is 7.84. The molecule has 0 unspecified atom stereocenters. The summed E-state index contributed by atoms with van der Waals surface area (Å²) in [6.45, 7) is 0.0803. The van der Waals surface area contributed by atoms with Crippen molar-refractivity contribution < 1.29 is 31.7 Å². The van der Waals surface area contributed by atoms with Crippen molar-refractivity contribution in [2.75, 3.05) is 41.9 Å². The van der Waals surface area contributed by atoms with E-state index in [-0.39, 0.29) is 12.5 Å². The monoisotopic (exact) mass is 511 g/mol. The highest BCUT2D eigenvalue weighted by Gasteiger charge is 2.24. The molecule has 0 bridgehead atoms. The number of carbonyl (C=O) groups excluding carboxylic acids is 3. The van der Waals surface area contributed by atoms with E-state index in [2.05, 4.69) is 20.1 Å². The zero-order chi connectivity index (χ0) is 24.7. The fourth-order valence-corrected chi connectivity index (χ4v) is 3.40. The predicted molar refractivity (Wildman–Crippen MR) is 125 cm³/mol. The molecule has 0 aliphatic carbocycles. The molecule has 0 spiro atoms. The number of benzene rings is 2. The van der Waals surface area contributed by atoms with Crippen molar-refractivity contribution >= 4 is 56.8 Å². The normalized spacial score (nSPS) is 14.9. The van der Waals surface area contributed by atoms with Gasteiger partial charge in [-0.2, -0.15) is 8.42 Å². The summed E-state index contributed by atoms with van der Waals surface area (Å²) >= 11 is 5.80. The lowest BCUT2D eigenvalue weighted by Crippen LogP contribution is -2.49. The van der Waals surface area contributed by atoms with Crippen LogP contribution in [-0.4, -0.2) is 58.7 Å². The van der Waals surface area contributed by atoms with Crippen LogP contribution >= 0.6 is 11.6 Å². The van der Waals surface area contributed by atoms with Gasteiger partial charge in [0.15, 0.2) is 0 Å². The summed E-state index contributed by atoms with van der Waals surface area (Å²) in [7, 11) is -4.36. The van der Waals surface area contributed by atoms with Crippen LogP contribution in [0.5, 0.6) is 0 Å². The van der Waals surface area contributed by atoms with Gasteiger partial charge in [0.1, 0.15) is 12.6 Å². The minimum atomic E-state index is -4.36. The molecule has 12 nitrogen and oxygen atoms in total. The Morgan fingerprint density at radius 3 is 2.32 bits per heavy atom. The van der Waals surface area contributed by atoms with E-state index in [1.165, 1.54) is 0 Å². The average Bonchev–Trinajstić information content (AvgIpc) is 2.78. The number of carbonyl (C=O) groups is 3. The number of hydrogen-bond acceptors (Lipinski definition) is 7. The van der Waals surface area contributed by atoms with Gasteiger partial charge in [0.2, 0.25) is 5.91 Å². The van der Waals surface area contributed by atoms with Crippen LogP contribution < -0.4 is 26.0 Å². The molecule has 1 fully saturated rings. The van der Waals surface area contributed by atoms with Gasteiger partial charge in [-0.25, -0.2) is 9.93 Å². The van der Waals surface area contributed by atoms with E-state index >= 15 is 0 Å². The number of nitrogens with zero attached hydrogens (tertiary/aromatic N) is 1. The Hall–Kier alpha value is -3.23. The number of morpholine rings is 1. The summed E-state index contributed by atoms with van der Waals surface area (Å²) in [5.41, 5.74) is 1.36. The molecule has 4 amide bonds. The fourth-order valence-electron chi connectivity index (χ4n) is 2.95. The van der Waals surface area contributed by atoms with E-state index in [9.17, 15) is 22.8 Å². The van der Waals surface area contributed by atoms with E-state index in [0.717, 1.165) is 0 Å². The molecule has 0 aromatic heterocycles. The molecule has 34 heavy (non-hydrogen) atoms. The highest BCUT2D eigenvalue weighted by atomic mass is 35.5. The van der Waals surface area contributed by atoms with Crippen LogP contribution in [0.4, 0.5) is 21.9 Å². The van der Waals surface area contributed by atoms with Crippen LogP contribution in [0.1, 0.15) is 0 Å². The van der Waals surface area contributed by atoms with Crippen molar-refractivity contribution in [2.24, 2.45) is 5.14 Å². The minimum absolute atomic E-state index is 0.00598. The van der Waals surface area contributed by atoms with Crippen LogP contribution in [0.25, 0.3) is 0 Å². The summed E-state index contributed by atoms with van der Waals surface area (Å²) in [6.07, 6.45) is 0.